The van der Waals surface area contributed by atoms with Crippen LogP contribution in [0.3, 0.4) is 0 Å². The van der Waals surface area contributed by atoms with E-state index >= 15 is 0 Å². The molecule has 2 nitrogen and oxygen atoms in total. The van der Waals surface area contributed by atoms with Gasteiger partial charge in [0.2, 0.25) is 0 Å². The van der Waals surface area contributed by atoms with Gasteiger partial charge in [-0.1, -0.05) is 75.8 Å². The highest BCUT2D eigenvalue weighted by molar-refractivity contribution is 6.82. The smallest absolute Gasteiger partial charge is 0.310 e. The number of rotatable bonds is 7. The fraction of sp³-hybridized carbons (Fsp3) is 0.500. The Morgan fingerprint density at radius 3 is 2.33 bits per heavy atom. The Kier molecular flexibility index (Phi) is 6.89. The van der Waals surface area contributed by atoms with Crippen LogP contribution in [0.5, 0.6) is 0 Å². The summed E-state index contributed by atoms with van der Waals surface area (Å²) in [5, 5.41) is 0. The minimum absolute atomic E-state index is 0.0965. The number of benzene rings is 1. The quantitative estimate of drug-likeness (QED) is 0.396. The average molecular weight is 305 g/mol. The van der Waals surface area contributed by atoms with E-state index in [1.54, 1.807) is 0 Å². The molecule has 1 aromatic carbocycles. The summed E-state index contributed by atoms with van der Waals surface area (Å²) in [7, 11) is -0.229. The molecular weight excluding hydrogens is 276 g/mol. The van der Waals surface area contributed by atoms with Crippen LogP contribution in [-0.4, -0.2) is 21.2 Å². The van der Waals surface area contributed by atoms with Crippen molar-refractivity contribution in [1.82, 2.24) is 0 Å². The van der Waals surface area contributed by atoms with Crippen molar-refractivity contribution >= 4 is 19.6 Å². The molecule has 1 unspecified atom stereocenters. The Labute approximate surface area is 130 Å². The molecule has 0 aromatic heterocycles. The van der Waals surface area contributed by atoms with Gasteiger partial charge in [0.15, 0.2) is 0 Å². The predicted octanol–water partition coefficient (Wildman–Crippen LogP) is 5.14. The molecule has 0 radical (unpaired) electrons. The molecular formula is C18H28O2Si. The monoisotopic (exact) mass is 304 g/mol. The van der Waals surface area contributed by atoms with Crippen LogP contribution in [0.25, 0.3) is 5.57 Å². The first kappa shape index (κ1) is 17.7. The summed E-state index contributed by atoms with van der Waals surface area (Å²) in [5.74, 6) is -0.0965. The molecule has 0 aliphatic rings. The molecule has 0 N–H and O–H groups in total. The summed E-state index contributed by atoms with van der Waals surface area (Å²) >= 11 is 0. The molecule has 1 atom stereocenters. The minimum atomic E-state index is -1.72. The average Bonchev–Trinajstić information content (AvgIpc) is 2.45. The molecule has 0 heterocycles. The van der Waals surface area contributed by atoms with Crippen LogP contribution in [0.1, 0.15) is 31.7 Å². The summed E-state index contributed by atoms with van der Waals surface area (Å²) in [6, 6.07) is 10.2. The third-order valence-electron chi connectivity index (χ3n) is 3.64. The van der Waals surface area contributed by atoms with Crippen molar-refractivity contribution in [3.63, 3.8) is 0 Å². The van der Waals surface area contributed by atoms with Crippen LogP contribution in [0, 0.1) is 0 Å². The van der Waals surface area contributed by atoms with E-state index in [0.29, 0.717) is 0 Å². The first-order valence-electron chi connectivity index (χ1n) is 7.75. The van der Waals surface area contributed by atoms with Crippen LogP contribution >= 0.6 is 0 Å². The molecule has 1 aromatic rings. The number of esters is 1. The van der Waals surface area contributed by atoms with Crippen molar-refractivity contribution in [1.29, 1.82) is 0 Å². The second-order valence-electron chi connectivity index (χ2n) is 6.49. The molecule has 0 fully saturated rings. The van der Waals surface area contributed by atoms with Crippen LogP contribution in [0.15, 0.2) is 36.4 Å². The molecule has 0 bridgehead atoms. The van der Waals surface area contributed by atoms with Crippen molar-refractivity contribution in [2.24, 2.45) is 0 Å². The van der Waals surface area contributed by atoms with Gasteiger partial charge in [-0.25, -0.2) is 0 Å². The van der Waals surface area contributed by atoms with E-state index in [4.69, 9.17) is 4.74 Å². The Balaban J connectivity index is 3.26. The molecule has 116 valence electrons. The Bertz CT molecular complexity index is 472. The van der Waals surface area contributed by atoms with Gasteiger partial charge in [0.05, 0.1) is 20.7 Å². The maximum atomic E-state index is 12.4. The van der Waals surface area contributed by atoms with E-state index < -0.39 is 8.07 Å². The van der Waals surface area contributed by atoms with Gasteiger partial charge in [-0.3, -0.25) is 4.79 Å². The van der Waals surface area contributed by atoms with E-state index in [9.17, 15) is 4.79 Å². The SMILES string of the molecule is CCCC/C=C(/c1ccccc1)C(C(=O)OC)[Si](C)(C)C. The summed E-state index contributed by atoms with van der Waals surface area (Å²) in [6.45, 7) is 8.87. The molecule has 21 heavy (non-hydrogen) atoms. The number of carbonyl (C=O) groups excluding carboxylic acids is 1. The highest BCUT2D eigenvalue weighted by Gasteiger charge is 2.37. The van der Waals surface area contributed by atoms with Crippen molar-refractivity contribution < 1.29 is 9.53 Å². The molecule has 0 saturated heterocycles. The zero-order chi connectivity index (χ0) is 15.9. The van der Waals surface area contributed by atoms with Crippen molar-refractivity contribution in [2.45, 2.75) is 51.4 Å². The molecule has 0 aliphatic carbocycles. The number of allylic oxidation sites excluding steroid dienone is 1. The van der Waals surface area contributed by atoms with Gasteiger partial charge >= 0.3 is 5.97 Å². The number of hydrogen-bond donors (Lipinski definition) is 0. The Hall–Kier alpha value is -1.35. The molecule has 1 rings (SSSR count). The third kappa shape index (κ3) is 5.16. The summed E-state index contributed by atoms with van der Waals surface area (Å²) in [4.78, 5) is 12.4. The minimum Gasteiger partial charge on any atom is -0.469 e. The largest absolute Gasteiger partial charge is 0.469 e. The third-order valence-corrected chi connectivity index (χ3v) is 5.92. The van der Waals surface area contributed by atoms with Gasteiger partial charge in [0, 0.05) is 0 Å². The highest BCUT2D eigenvalue weighted by Crippen LogP contribution is 2.37. The molecule has 3 heteroatoms. The van der Waals surface area contributed by atoms with Gasteiger partial charge < -0.3 is 4.74 Å². The van der Waals surface area contributed by atoms with E-state index in [1.807, 2.05) is 18.2 Å². The number of carbonyl (C=O) groups is 1. The normalized spacial score (nSPS) is 13.9. The lowest BCUT2D eigenvalue weighted by atomic mass is 10.00. The summed E-state index contributed by atoms with van der Waals surface area (Å²) < 4.78 is 5.10. The van der Waals surface area contributed by atoms with Crippen LogP contribution in [0.4, 0.5) is 0 Å². The fourth-order valence-corrected chi connectivity index (χ4v) is 4.60. The predicted molar refractivity (Wildman–Crippen MR) is 93.1 cm³/mol. The zero-order valence-electron chi connectivity index (χ0n) is 14.0. The van der Waals surface area contributed by atoms with Crippen molar-refractivity contribution in [2.75, 3.05) is 7.11 Å². The highest BCUT2D eigenvalue weighted by atomic mass is 28.3. The zero-order valence-corrected chi connectivity index (χ0v) is 15.0. The van der Waals surface area contributed by atoms with Crippen molar-refractivity contribution in [3.05, 3.63) is 42.0 Å². The van der Waals surface area contributed by atoms with E-state index in [1.165, 1.54) is 7.11 Å². The summed E-state index contributed by atoms with van der Waals surface area (Å²) in [5.41, 5.74) is 2.18. The summed E-state index contributed by atoms with van der Waals surface area (Å²) in [6.07, 6.45) is 5.57. The first-order valence-corrected chi connectivity index (χ1v) is 11.3. The lowest BCUT2D eigenvalue weighted by molar-refractivity contribution is -0.139. The second-order valence-corrected chi connectivity index (χ2v) is 11.8. The van der Waals surface area contributed by atoms with Crippen LogP contribution < -0.4 is 0 Å². The van der Waals surface area contributed by atoms with Gasteiger partial charge in [0.1, 0.15) is 0 Å². The first-order chi connectivity index (χ1) is 9.91. The molecule has 0 spiro atoms. The molecule has 0 amide bonds. The second kappa shape index (κ2) is 8.18. The van der Waals surface area contributed by atoms with Crippen LogP contribution in [-0.2, 0) is 9.53 Å². The maximum Gasteiger partial charge on any atom is 0.310 e. The lowest BCUT2D eigenvalue weighted by Crippen LogP contribution is -2.35. The Morgan fingerprint density at radius 2 is 1.86 bits per heavy atom. The van der Waals surface area contributed by atoms with E-state index in [2.05, 4.69) is 44.8 Å². The standard InChI is InChI=1S/C18H28O2Si/c1-6-7-9-14-16(15-12-10-8-11-13-15)17(18(19)20-2)21(3,4)5/h8,10-14,17H,6-7,9H2,1-5H3/b16-14-. The van der Waals surface area contributed by atoms with E-state index in [-0.39, 0.29) is 11.5 Å². The number of hydrogen-bond acceptors (Lipinski definition) is 2. The fourth-order valence-electron chi connectivity index (χ4n) is 2.56. The number of ether oxygens (including phenoxy) is 1. The Morgan fingerprint density at radius 1 is 1.24 bits per heavy atom. The van der Waals surface area contributed by atoms with Gasteiger partial charge in [-0.05, 0) is 17.6 Å². The number of unbranched alkanes of at least 4 members (excludes halogenated alkanes) is 2. The van der Waals surface area contributed by atoms with E-state index in [0.717, 1.165) is 30.4 Å². The molecule has 0 saturated carbocycles. The number of methoxy groups -OCH3 is 1. The van der Waals surface area contributed by atoms with Gasteiger partial charge in [0.25, 0.3) is 0 Å². The van der Waals surface area contributed by atoms with Gasteiger partial charge in [-0.15, -0.1) is 0 Å². The lowest BCUT2D eigenvalue weighted by Gasteiger charge is -2.29. The molecule has 0 aliphatic heterocycles. The topological polar surface area (TPSA) is 26.3 Å². The maximum absolute atomic E-state index is 12.4. The van der Waals surface area contributed by atoms with Crippen molar-refractivity contribution in [3.8, 4) is 0 Å². The van der Waals surface area contributed by atoms with Gasteiger partial charge in [-0.2, -0.15) is 0 Å². The van der Waals surface area contributed by atoms with Crippen LogP contribution in [0.2, 0.25) is 25.2 Å².